The topological polar surface area (TPSA) is 15.7 Å². The molecule has 1 spiro atoms. The summed E-state index contributed by atoms with van der Waals surface area (Å²) in [6.07, 6.45) is 10.5. The quantitative estimate of drug-likeness (QED) is 0.331. The van der Waals surface area contributed by atoms with Gasteiger partial charge in [0.05, 0.1) is 6.54 Å². The van der Waals surface area contributed by atoms with Crippen LogP contribution in [-0.2, 0) is 22.2 Å². The first-order chi connectivity index (χ1) is 18.8. The summed E-state index contributed by atoms with van der Waals surface area (Å²) in [7, 11) is 0. The third-order valence-electron chi connectivity index (χ3n) is 9.65. The van der Waals surface area contributed by atoms with Crippen LogP contribution < -0.4 is 0 Å². The number of rotatable bonds is 8. The van der Waals surface area contributed by atoms with Crippen molar-refractivity contribution in [1.29, 1.82) is 0 Å². The summed E-state index contributed by atoms with van der Waals surface area (Å²) < 4.78 is 20.5. The van der Waals surface area contributed by atoms with E-state index in [1.807, 2.05) is 32.1 Å². The van der Waals surface area contributed by atoms with Gasteiger partial charge in [-0.2, -0.15) is 0 Å². The lowest BCUT2D eigenvalue weighted by Crippen LogP contribution is -2.46. The van der Waals surface area contributed by atoms with E-state index in [0.717, 1.165) is 48.5 Å². The third-order valence-corrected chi connectivity index (χ3v) is 9.65. The van der Waals surface area contributed by atoms with Gasteiger partial charge in [-0.3, -0.25) is 0 Å². The number of benzene rings is 2. The van der Waals surface area contributed by atoms with Gasteiger partial charge in [0.25, 0.3) is 0 Å². The van der Waals surface area contributed by atoms with Crippen LogP contribution in [0, 0.1) is 11.7 Å². The Balaban J connectivity index is 1.30. The molecule has 3 aliphatic rings. The fourth-order valence-corrected chi connectivity index (χ4v) is 7.07. The predicted octanol–water partition coefficient (Wildman–Crippen LogP) is 7.52. The van der Waals surface area contributed by atoms with Gasteiger partial charge < -0.3 is 14.5 Å². The molecule has 39 heavy (non-hydrogen) atoms. The largest absolute Gasteiger partial charge is 0.348 e. The molecule has 0 N–H and O–H groups in total. The Kier molecular flexibility index (Phi) is 7.98. The second-order valence-corrected chi connectivity index (χ2v) is 11.8. The van der Waals surface area contributed by atoms with Gasteiger partial charge >= 0.3 is 0 Å². The molecule has 4 heteroatoms. The molecule has 206 valence electrons. The van der Waals surface area contributed by atoms with Crippen LogP contribution in [0.15, 0.2) is 96.8 Å². The Morgan fingerprint density at radius 1 is 1.13 bits per heavy atom. The first kappa shape index (κ1) is 27.6. The number of piperidine rings is 1. The molecule has 2 atom stereocenters. The summed E-state index contributed by atoms with van der Waals surface area (Å²) in [6, 6.07) is 16.0. The van der Waals surface area contributed by atoms with Crippen LogP contribution in [0.4, 0.5) is 4.39 Å². The molecule has 0 bridgehead atoms. The number of likely N-dealkylation sites (tertiary alicyclic amines) is 1. The molecule has 2 aromatic rings. The van der Waals surface area contributed by atoms with Crippen LogP contribution in [-0.4, -0.2) is 42.7 Å². The minimum atomic E-state index is -0.505. The molecule has 3 nitrogen and oxygen atoms in total. The minimum absolute atomic E-state index is 0.221. The van der Waals surface area contributed by atoms with Crippen LogP contribution in [0.3, 0.4) is 0 Å². The van der Waals surface area contributed by atoms with Crippen molar-refractivity contribution in [3.8, 4) is 0 Å². The van der Waals surface area contributed by atoms with E-state index in [4.69, 9.17) is 4.74 Å². The van der Waals surface area contributed by atoms with Crippen molar-refractivity contribution < 1.29 is 9.13 Å². The minimum Gasteiger partial charge on any atom is -0.348 e. The number of halogens is 1. The Morgan fingerprint density at radius 2 is 1.85 bits per heavy atom. The fourth-order valence-electron chi connectivity index (χ4n) is 7.07. The van der Waals surface area contributed by atoms with Gasteiger partial charge in [0.15, 0.2) is 0 Å². The molecule has 2 aliphatic heterocycles. The maximum Gasteiger partial charge on any atom is 0.123 e. The van der Waals surface area contributed by atoms with Gasteiger partial charge in [0, 0.05) is 17.7 Å². The van der Waals surface area contributed by atoms with E-state index >= 15 is 0 Å². The summed E-state index contributed by atoms with van der Waals surface area (Å²) in [5, 5.41) is 0. The maximum atomic E-state index is 13.9. The summed E-state index contributed by atoms with van der Waals surface area (Å²) in [4.78, 5) is 4.83. The lowest BCUT2D eigenvalue weighted by atomic mass is 9.68. The summed E-state index contributed by atoms with van der Waals surface area (Å²) in [6.45, 7) is 19.1. The Labute approximate surface area is 234 Å². The molecule has 0 amide bonds. The van der Waals surface area contributed by atoms with Gasteiger partial charge in [0.1, 0.15) is 18.1 Å². The number of fused-ring (bicyclic) bond motifs is 2. The van der Waals surface area contributed by atoms with Gasteiger partial charge in [-0.05, 0) is 92.9 Å². The smallest absolute Gasteiger partial charge is 0.123 e. The van der Waals surface area contributed by atoms with Gasteiger partial charge in [-0.15, -0.1) is 0 Å². The van der Waals surface area contributed by atoms with Gasteiger partial charge in [-0.1, -0.05) is 80.3 Å². The zero-order valence-corrected chi connectivity index (χ0v) is 23.9. The Morgan fingerprint density at radius 3 is 2.54 bits per heavy atom. The average molecular weight is 527 g/mol. The van der Waals surface area contributed by atoms with Crippen LogP contribution >= 0.6 is 0 Å². The van der Waals surface area contributed by atoms with Crippen molar-refractivity contribution in [2.75, 3.05) is 32.9 Å². The monoisotopic (exact) mass is 526 g/mol. The van der Waals surface area contributed by atoms with E-state index in [9.17, 15) is 4.39 Å². The average Bonchev–Trinajstić information content (AvgIpc) is 3.51. The van der Waals surface area contributed by atoms with E-state index < -0.39 is 5.60 Å². The Bertz CT molecular complexity index is 1270. The molecule has 2 aromatic carbocycles. The lowest BCUT2D eigenvalue weighted by Gasteiger charge is -2.44. The highest BCUT2D eigenvalue weighted by atomic mass is 19.1. The third kappa shape index (κ3) is 5.29. The fraction of sp³-hybridized carbons (Fsp3) is 0.429. The van der Waals surface area contributed by atoms with Crippen molar-refractivity contribution in [3.63, 3.8) is 0 Å². The molecule has 2 saturated heterocycles. The number of hydrogen-bond acceptors (Lipinski definition) is 3. The predicted molar refractivity (Wildman–Crippen MR) is 159 cm³/mol. The SMILES string of the molecule is C=C/C(C)=C\C(=C/C)C(=C)N1CO[C@](CCN2CCC3(CC2)c2ccccc2C[C@@H]3C)(c2ccc(F)cc2)C1. The van der Waals surface area contributed by atoms with Crippen molar-refractivity contribution in [1.82, 2.24) is 9.80 Å². The van der Waals surface area contributed by atoms with Gasteiger partial charge in [-0.25, -0.2) is 4.39 Å². The van der Waals surface area contributed by atoms with E-state index in [2.05, 4.69) is 66.3 Å². The zero-order valence-electron chi connectivity index (χ0n) is 23.9. The summed E-state index contributed by atoms with van der Waals surface area (Å²) in [5.74, 6) is 0.474. The molecule has 5 rings (SSSR count). The second-order valence-electron chi connectivity index (χ2n) is 11.8. The normalized spacial score (nSPS) is 25.2. The molecular weight excluding hydrogens is 483 g/mol. The van der Waals surface area contributed by atoms with Crippen LogP contribution in [0.5, 0.6) is 0 Å². The lowest BCUT2D eigenvalue weighted by molar-refractivity contribution is -0.0140. The van der Waals surface area contributed by atoms with Crippen LogP contribution in [0.1, 0.15) is 56.7 Å². The maximum absolute atomic E-state index is 13.9. The van der Waals surface area contributed by atoms with Gasteiger partial charge in [0.2, 0.25) is 0 Å². The van der Waals surface area contributed by atoms with Crippen molar-refractivity contribution in [3.05, 3.63) is 119 Å². The highest BCUT2D eigenvalue weighted by Gasteiger charge is 2.47. The van der Waals surface area contributed by atoms with Crippen molar-refractivity contribution in [2.45, 2.75) is 57.5 Å². The standard InChI is InChI=1S/C35H43FN2O/c1-6-26(3)22-29(7-2)28(5)38-24-35(39-25-38,31-12-14-32(36)15-13-31)18-21-37-19-16-34(17-20-37)27(4)23-30-10-8-9-11-33(30)34/h6-15,22,27H,1,5,16-21,23-25H2,2-4H3/b26-22-,29-7+/t27-,35-/m0/s1. The van der Waals surface area contributed by atoms with E-state index in [-0.39, 0.29) is 5.82 Å². The van der Waals surface area contributed by atoms with E-state index in [1.165, 1.54) is 19.3 Å². The first-order valence-corrected chi connectivity index (χ1v) is 14.4. The molecule has 1 aliphatic carbocycles. The van der Waals surface area contributed by atoms with E-state index in [1.54, 1.807) is 23.3 Å². The first-order valence-electron chi connectivity index (χ1n) is 14.4. The highest BCUT2D eigenvalue weighted by molar-refractivity contribution is 5.42. The summed E-state index contributed by atoms with van der Waals surface area (Å²) >= 11 is 0. The molecular formula is C35H43FN2O. The Hall–Kier alpha value is -2.95. The highest BCUT2D eigenvalue weighted by Crippen LogP contribution is 2.50. The molecule has 0 aromatic heterocycles. The number of hydrogen-bond donors (Lipinski definition) is 0. The summed E-state index contributed by atoms with van der Waals surface area (Å²) in [5.41, 5.74) is 7.09. The number of ether oxygens (including phenoxy) is 1. The number of allylic oxidation sites excluding steroid dienone is 4. The van der Waals surface area contributed by atoms with Crippen molar-refractivity contribution >= 4 is 0 Å². The molecule has 0 radical (unpaired) electrons. The van der Waals surface area contributed by atoms with Crippen molar-refractivity contribution in [2.24, 2.45) is 5.92 Å². The van der Waals surface area contributed by atoms with Crippen LogP contribution in [0.2, 0.25) is 0 Å². The molecule has 2 fully saturated rings. The number of nitrogens with zero attached hydrogens (tertiary/aromatic N) is 2. The van der Waals surface area contributed by atoms with Crippen LogP contribution in [0.25, 0.3) is 0 Å². The molecule has 0 saturated carbocycles. The second kappa shape index (κ2) is 11.3. The van der Waals surface area contributed by atoms with E-state index in [0.29, 0.717) is 24.6 Å². The molecule has 2 heterocycles. The zero-order chi connectivity index (χ0) is 27.6. The molecule has 0 unspecified atom stereocenters.